The summed E-state index contributed by atoms with van der Waals surface area (Å²) in [5.74, 6) is 0. The number of carbonyl (C=O) groups is 1. The van der Waals surface area contributed by atoms with Crippen molar-refractivity contribution in [3.05, 3.63) is 0 Å². The van der Waals surface area contributed by atoms with Gasteiger partial charge >= 0.3 is 16.8 Å². The summed E-state index contributed by atoms with van der Waals surface area (Å²) in [6, 6.07) is 0. The van der Waals surface area contributed by atoms with E-state index in [4.69, 9.17) is 15.0 Å². The van der Waals surface area contributed by atoms with Crippen LogP contribution in [-0.2, 0) is 16.8 Å². The van der Waals surface area contributed by atoms with Gasteiger partial charge in [-0.1, -0.05) is 0 Å². The van der Waals surface area contributed by atoms with Crippen molar-refractivity contribution in [1.29, 1.82) is 0 Å². The van der Waals surface area contributed by atoms with E-state index < -0.39 is 6.16 Å². The van der Waals surface area contributed by atoms with Gasteiger partial charge in [0.1, 0.15) is 0 Å². The number of hydrogen-bond donors (Lipinski definition) is 0. The van der Waals surface area contributed by atoms with Crippen molar-refractivity contribution in [2.24, 2.45) is 0 Å². The molecular weight excluding hydrogens is 215 g/mol. The third-order valence-corrected chi connectivity index (χ3v) is 0. The molecule has 0 bridgehead atoms. The van der Waals surface area contributed by atoms with E-state index >= 15 is 0 Å². The van der Waals surface area contributed by atoms with Gasteiger partial charge in [0, 0.05) is 0 Å². The van der Waals surface area contributed by atoms with E-state index in [1.54, 1.807) is 0 Å². The average molecular weight is 227 g/mol. The summed E-state index contributed by atoms with van der Waals surface area (Å²) < 4.78 is 0. The van der Waals surface area contributed by atoms with Crippen LogP contribution in [0.5, 0.6) is 0 Å². The molecule has 0 aromatic rings. The van der Waals surface area contributed by atoms with Crippen LogP contribution in [-0.4, -0.2) is 39.0 Å². The van der Waals surface area contributed by atoms with Gasteiger partial charge in [-0.2, -0.15) is 0 Å². The number of carbonyl (C=O) groups excluding carboxylic acids is 1. The standard InChI is InChI=1S/CH2O3.Co.6H2O/c2-1(3)4;;;;;;;/h(H2,2,3,4);;6*1H2/q;+2;;;;;;/p-2. The zero-order valence-corrected chi connectivity index (χ0v) is 6.10. The summed E-state index contributed by atoms with van der Waals surface area (Å²) in [4.78, 5) is 8.33. The molecule has 0 aliphatic heterocycles. The Balaban J connectivity index is -0.00000000214. The first-order valence-corrected chi connectivity index (χ1v) is 0.612. The summed E-state index contributed by atoms with van der Waals surface area (Å²) in [6.07, 6.45) is -2.33. The molecule has 9 nitrogen and oxygen atoms in total. The molecule has 12 N–H and O–H groups in total. The van der Waals surface area contributed by atoms with Crippen molar-refractivity contribution >= 4 is 6.16 Å². The molecule has 0 amide bonds. The molecule has 0 fully saturated rings. The van der Waals surface area contributed by atoms with E-state index in [1.165, 1.54) is 0 Å². The Bertz CT molecular complexity index is 32.5. The second-order valence-electron chi connectivity index (χ2n) is 0.250. The van der Waals surface area contributed by atoms with Crippen LogP contribution in [0.25, 0.3) is 0 Å². The van der Waals surface area contributed by atoms with E-state index in [9.17, 15) is 0 Å². The van der Waals surface area contributed by atoms with Gasteiger partial charge in [0.25, 0.3) is 0 Å². The fourth-order valence-corrected chi connectivity index (χ4v) is 0. The molecule has 79 valence electrons. The molecule has 0 heterocycles. The van der Waals surface area contributed by atoms with Gasteiger partial charge in [-0.25, -0.2) is 0 Å². The fourth-order valence-electron chi connectivity index (χ4n) is 0. The van der Waals surface area contributed by atoms with Gasteiger partial charge < -0.3 is 47.9 Å². The van der Waals surface area contributed by atoms with Crippen molar-refractivity contribution in [3.8, 4) is 0 Å². The Morgan fingerprint density at radius 2 is 0.727 bits per heavy atom. The van der Waals surface area contributed by atoms with Crippen LogP contribution in [0.2, 0.25) is 0 Å². The Morgan fingerprint density at radius 3 is 0.727 bits per heavy atom. The molecule has 0 rings (SSSR count). The molecule has 11 heavy (non-hydrogen) atoms. The molecule has 10 heteroatoms. The maximum Gasteiger partial charge on any atom is 2.00 e. The van der Waals surface area contributed by atoms with E-state index in [2.05, 4.69) is 0 Å². The molecule has 0 spiro atoms. The van der Waals surface area contributed by atoms with Gasteiger partial charge in [0.2, 0.25) is 0 Å². The largest absolute Gasteiger partial charge is 2.00 e. The summed E-state index contributed by atoms with van der Waals surface area (Å²) in [6.45, 7) is 0. The first-order chi connectivity index (χ1) is 1.73. The van der Waals surface area contributed by atoms with Crippen molar-refractivity contribution < 1.29 is 64.6 Å². The first-order valence-electron chi connectivity index (χ1n) is 0.612. The monoisotopic (exact) mass is 227 g/mol. The summed E-state index contributed by atoms with van der Waals surface area (Å²) >= 11 is 0. The molecule has 0 aliphatic carbocycles. The van der Waals surface area contributed by atoms with Crippen molar-refractivity contribution in [1.82, 2.24) is 0 Å². The average Bonchev–Trinajstić information content (AvgIpc) is 0.811. The van der Waals surface area contributed by atoms with Gasteiger partial charge in [0.05, 0.1) is 0 Å². The van der Waals surface area contributed by atoms with Crippen molar-refractivity contribution in [2.45, 2.75) is 0 Å². The first kappa shape index (κ1) is 149. The third-order valence-electron chi connectivity index (χ3n) is 0. The predicted molar refractivity (Wildman–Crippen MR) is 27.1 cm³/mol. The van der Waals surface area contributed by atoms with Crippen LogP contribution in [0.4, 0.5) is 4.79 Å². The number of carboxylic acid groups (broad SMARTS) is 2. The normalized spacial score (nSPS) is 2.18. The smallest absolute Gasteiger partial charge is 0.652 e. The summed E-state index contributed by atoms with van der Waals surface area (Å²) in [5, 5.41) is 16.7. The van der Waals surface area contributed by atoms with Crippen molar-refractivity contribution in [2.75, 3.05) is 0 Å². The van der Waals surface area contributed by atoms with E-state index in [0.29, 0.717) is 0 Å². The van der Waals surface area contributed by atoms with Gasteiger partial charge in [-0.15, -0.1) is 0 Å². The maximum atomic E-state index is 8.33. The number of rotatable bonds is 0. The Morgan fingerprint density at radius 1 is 0.727 bits per heavy atom. The quantitative estimate of drug-likeness (QED) is 0.390. The number of hydrogen-bond acceptors (Lipinski definition) is 3. The van der Waals surface area contributed by atoms with Crippen LogP contribution < -0.4 is 10.2 Å². The molecule has 0 aliphatic rings. The second-order valence-corrected chi connectivity index (χ2v) is 0.250. The van der Waals surface area contributed by atoms with Crippen molar-refractivity contribution in [3.63, 3.8) is 0 Å². The minimum absolute atomic E-state index is 0. The van der Waals surface area contributed by atoms with Crippen LogP contribution in [0, 0.1) is 0 Å². The Hall–Kier alpha value is -0.464. The predicted octanol–water partition coefficient (Wildman–Crippen LogP) is -7.40. The third kappa shape index (κ3) is 2520. The Labute approximate surface area is 71.7 Å². The van der Waals surface area contributed by atoms with Crippen LogP contribution in [0.3, 0.4) is 0 Å². The van der Waals surface area contributed by atoms with Crippen LogP contribution in [0.15, 0.2) is 0 Å². The molecule has 1 radical (unpaired) electrons. The minimum Gasteiger partial charge on any atom is -0.652 e. The molecule has 0 aromatic heterocycles. The van der Waals surface area contributed by atoms with Crippen LogP contribution >= 0.6 is 0 Å². The minimum atomic E-state index is -2.33. The zero-order chi connectivity index (χ0) is 3.58. The molecule has 0 unspecified atom stereocenters. The summed E-state index contributed by atoms with van der Waals surface area (Å²) in [5.41, 5.74) is 0. The van der Waals surface area contributed by atoms with E-state index in [1.807, 2.05) is 0 Å². The van der Waals surface area contributed by atoms with Crippen LogP contribution in [0.1, 0.15) is 0 Å². The molecule has 0 saturated heterocycles. The van der Waals surface area contributed by atoms with Gasteiger partial charge in [0.15, 0.2) is 0 Å². The molecule has 0 aromatic carbocycles. The van der Waals surface area contributed by atoms with E-state index in [0.717, 1.165) is 0 Å². The second kappa shape index (κ2) is 108. The maximum absolute atomic E-state index is 8.33. The fraction of sp³-hybridized carbons (Fsp3) is 0. The molecule has 0 saturated carbocycles. The zero-order valence-electron chi connectivity index (χ0n) is 5.06. The van der Waals surface area contributed by atoms with Gasteiger partial charge in [-0.3, -0.25) is 0 Å². The van der Waals surface area contributed by atoms with Gasteiger partial charge in [-0.05, 0) is 6.16 Å². The SMILES string of the molecule is O.O.O.O.O.O.O=C([O-])[O-].[Co+2]. The van der Waals surface area contributed by atoms with E-state index in [-0.39, 0.29) is 49.6 Å². The summed E-state index contributed by atoms with van der Waals surface area (Å²) in [7, 11) is 0. The molecule has 0 atom stereocenters. The molecular formula is CH12CoO9. The topological polar surface area (TPSA) is 252 Å². The Kier molecular flexibility index (Phi) is 1460.